The summed E-state index contributed by atoms with van der Waals surface area (Å²) >= 11 is 0. The van der Waals surface area contributed by atoms with Crippen molar-refractivity contribution < 1.29 is 5.11 Å². The van der Waals surface area contributed by atoms with Gasteiger partial charge in [0, 0.05) is 18.6 Å². The Hall–Kier alpha value is -0.120. The molecule has 3 N–H and O–H groups in total. The first-order chi connectivity index (χ1) is 6.33. The van der Waals surface area contributed by atoms with Gasteiger partial charge in [0.25, 0.3) is 0 Å². The Morgan fingerprint density at radius 2 is 2.23 bits per heavy atom. The van der Waals surface area contributed by atoms with E-state index in [4.69, 9.17) is 10.8 Å². The van der Waals surface area contributed by atoms with E-state index in [0.29, 0.717) is 6.04 Å². The molecule has 1 saturated carbocycles. The first-order valence-electron chi connectivity index (χ1n) is 5.40. The maximum atomic E-state index is 8.95. The van der Waals surface area contributed by atoms with E-state index in [1.54, 1.807) is 0 Å². The first-order valence-corrected chi connectivity index (χ1v) is 5.40. The summed E-state index contributed by atoms with van der Waals surface area (Å²) in [5, 5.41) is 8.95. The van der Waals surface area contributed by atoms with Crippen molar-refractivity contribution in [1.29, 1.82) is 0 Å². The van der Waals surface area contributed by atoms with Crippen LogP contribution in [-0.4, -0.2) is 41.8 Å². The molecule has 13 heavy (non-hydrogen) atoms. The van der Waals surface area contributed by atoms with Gasteiger partial charge in [0.2, 0.25) is 0 Å². The van der Waals surface area contributed by atoms with Crippen molar-refractivity contribution in [3.63, 3.8) is 0 Å². The summed E-state index contributed by atoms with van der Waals surface area (Å²) < 4.78 is 0. The van der Waals surface area contributed by atoms with Crippen LogP contribution >= 0.6 is 0 Å². The Morgan fingerprint density at radius 1 is 1.54 bits per heavy atom. The smallest absolute Gasteiger partial charge is 0.0558 e. The summed E-state index contributed by atoms with van der Waals surface area (Å²) in [5.74, 6) is 0. The van der Waals surface area contributed by atoms with Gasteiger partial charge in [-0.15, -0.1) is 0 Å². The van der Waals surface area contributed by atoms with Crippen molar-refractivity contribution in [3.05, 3.63) is 0 Å². The number of nitrogens with zero attached hydrogens (tertiary/aromatic N) is 1. The van der Waals surface area contributed by atoms with E-state index >= 15 is 0 Å². The van der Waals surface area contributed by atoms with Gasteiger partial charge in [0.05, 0.1) is 6.61 Å². The van der Waals surface area contributed by atoms with Crippen molar-refractivity contribution in [2.24, 2.45) is 5.73 Å². The van der Waals surface area contributed by atoms with Crippen molar-refractivity contribution in [3.8, 4) is 0 Å². The van der Waals surface area contributed by atoms with E-state index in [2.05, 4.69) is 11.8 Å². The quantitative estimate of drug-likeness (QED) is 0.611. The van der Waals surface area contributed by atoms with E-state index in [1.165, 1.54) is 12.8 Å². The van der Waals surface area contributed by atoms with Crippen LogP contribution in [0.4, 0.5) is 0 Å². The maximum Gasteiger partial charge on any atom is 0.0558 e. The van der Waals surface area contributed by atoms with Crippen LogP contribution < -0.4 is 5.73 Å². The summed E-state index contributed by atoms with van der Waals surface area (Å²) in [4.78, 5) is 2.44. The molecule has 1 atom stereocenters. The highest BCUT2D eigenvalue weighted by molar-refractivity contribution is 4.88. The highest BCUT2D eigenvalue weighted by Gasteiger charge is 2.32. The van der Waals surface area contributed by atoms with Gasteiger partial charge in [0.1, 0.15) is 0 Å². The predicted octanol–water partition coefficient (Wildman–Crippen LogP) is 0.571. The fourth-order valence-electron chi connectivity index (χ4n) is 1.98. The van der Waals surface area contributed by atoms with E-state index < -0.39 is 0 Å². The molecule has 1 unspecified atom stereocenters. The molecule has 0 spiro atoms. The average molecular weight is 186 g/mol. The van der Waals surface area contributed by atoms with E-state index in [1.807, 2.05) is 0 Å². The molecule has 0 aliphatic heterocycles. The molecular weight excluding hydrogens is 164 g/mol. The molecule has 3 heteroatoms. The number of aliphatic hydroxyl groups excluding tert-OH is 1. The molecule has 0 heterocycles. The van der Waals surface area contributed by atoms with Gasteiger partial charge >= 0.3 is 0 Å². The summed E-state index contributed by atoms with van der Waals surface area (Å²) in [6.45, 7) is 4.06. The van der Waals surface area contributed by atoms with Gasteiger partial charge in [-0.3, -0.25) is 4.90 Å². The SMILES string of the molecule is CCC(CCN)N(CCO)C1CC1. The van der Waals surface area contributed by atoms with Crippen molar-refractivity contribution in [1.82, 2.24) is 4.90 Å². The van der Waals surface area contributed by atoms with Crippen LogP contribution in [0.15, 0.2) is 0 Å². The molecule has 0 aromatic heterocycles. The summed E-state index contributed by atoms with van der Waals surface area (Å²) in [6.07, 6.45) is 4.82. The molecule has 1 rings (SSSR count). The molecule has 1 aliphatic carbocycles. The van der Waals surface area contributed by atoms with E-state index in [0.717, 1.165) is 32.0 Å². The highest BCUT2D eigenvalue weighted by atomic mass is 16.3. The van der Waals surface area contributed by atoms with Crippen molar-refractivity contribution in [2.75, 3.05) is 19.7 Å². The van der Waals surface area contributed by atoms with Gasteiger partial charge in [-0.1, -0.05) is 6.92 Å². The third-order valence-corrected chi connectivity index (χ3v) is 2.81. The molecule has 0 aromatic rings. The molecule has 78 valence electrons. The second-order valence-corrected chi connectivity index (χ2v) is 3.83. The predicted molar refractivity (Wildman–Crippen MR) is 54.6 cm³/mol. The lowest BCUT2D eigenvalue weighted by Gasteiger charge is -2.30. The van der Waals surface area contributed by atoms with Crippen LogP contribution in [0, 0.1) is 0 Å². The van der Waals surface area contributed by atoms with Gasteiger partial charge in [-0.25, -0.2) is 0 Å². The monoisotopic (exact) mass is 186 g/mol. The molecule has 1 fully saturated rings. The third-order valence-electron chi connectivity index (χ3n) is 2.81. The topological polar surface area (TPSA) is 49.5 Å². The van der Waals surface area contributed by atoms with Crippen LogP contribution in [0.1, 0.15) is 32.6 Å². The molecule has 0 saturated heterocycles. The number of rotatable bonds is 7. The fraction of sp³-hybridized carbons (Fsp3) is 1.00. The molecular formula is C10H22N2O. The summed E-state index contributed by atoms with van der Waals surface area (Å²) in [7, 11) is 0. The highest BCUT2D eigenvalue weighted by Crippen LogP contribution is 2.29. The molecule has 0 radical (unpaired) electrons. The molecule has 1 aliphatic rings. The minimum Gasteiger partial charge on any atom is -0.395 e. The lowest BCUT2D eigenvalue weighted by Crippen LogP contribution is -2.40. The largest absolute Gasteiger partial charge is 0.395 e. The Balaban J connectivity index is 2.38. The molecule has 0 aromatic carbocycles. The average Bonchev–Trinajstić information content (AvgIpc) is 2.94. The fourth-order valence-corrected chi connectivity index (χ4v) is 1.98. The van der Waals surface area contributed by atoms with E-state index in [9.17, 15) is 0 Å². The van der Waals surface area contributed by atoms with E-state index in [-0.39, 0.29) is 6.61 Å². The lowest BCUT2D eigenvalue weighted by atomic mass is 10.1. The standard InChI is InChI=1S/C10H22N2O/c1-2-9(5-6-11)12(7-8-13)10-3-4-10/h9-10,13H,2-8,11H2,1H3. The second kappa shape index (κ2) is 5.58. The molecule has 0 bridgehead atoms. The Morgan fingerprint density at radius 3 is 2.62 bits per heavy atom. The maximum absolute atomic E-state index is 8.95. The van der Waals surface area contributed by atoms with Crippen LogP contribution in [0.25, 0.3) is 0 Å². The minimum atomic E-state index is 0.275. The summed E-state index contributed by atoms with van der Waals surface area (Å²) in [6, 6.07) is 1.33. The molecule has 0 amide bonds. The van der Waals surface area contributed by atoms with Crippen LogP contribution in [-0.2, 0) is 0 Å². The normalized spacial score (nSPS) is 19.4. The van der Waals surface area contributed by atoms with Gasteiger partial charge in [-0.2, -0.15) is 0 Å². The first kappa shape index (κ1) is 11.0. The van der Waals surface area contributed by atoms with Gasteiger partial charge in [0.15, 0.2) is 0 Å². The number of hydrogen-bond donors (Lipinski definition) is 2. The minimum absolute atomic E-state index is 0.275. The number of hydrogen-bond acceptors (Lipinski definition) is 3. The zero-order valence-electron chi connectivity index (χ0n) is 8.58. The Bertz CT molecular complexity index is 137. The van der Waals surface area contributed by atoms with Crippen molar-refractivity contribution >= 4 is 0 Å². The van der Waals surface area contributed by atoms with Gasteiger partial charge < -0.3 is 10.8 Å². The molecule has 3 nitrogen and oxygen atoms in total. The van der Waals surface area contributed by atoms with Gasteiger partial charge in [-0.05, 0) is 32.2 Å². The van der Waals surface area contributed by atoms with Crippen LogP contribution in [0.5, 0.6) is 0 Å². The Kier molecular flexibility index (Phi) is 4.70. The van der Waals surface area contributed by atoms with Crippen LogP contribution in [0.3, 0.4) is 0 Å². The second-order valence-electron chi connectivity index (χ2n) is 3.83. The lowest BCUT2D eigenvalue weighted by molar-refractivity contribution is 0.134. The van der Waals surface area contributed by atoms with Crippen LogP contribution in [0.2, 0.25) is 0 Å². The summed E-state index contributed by atoms with van der Waals surface area (Å²) in [5.41, 5.74) is 5.57. The Labute approximate surface area is 80.9 Å². The number of aliphatic hydroxyl groups is 1. The van der Waals surface area contributed by atoms with Crippen molar-refractivity contribution in [2.45, 2.75) is 44.7 Å². The third kappa shape index (κ3) is 3.25. The zero-order chi connectivity index (χ0) is 9.68. The zero-order valence-corrected chi connectivity index (χ0v) is 8.58. The number of nitrogens with two attached hydrogens (primary N) is 1.